The van der Waals surface area contributed by atoms with Crippen molar-refractivity contribution in [3.8, 4) is 0 Å². The molecule has 4 nitrogen and oxygen atoms in total. The fraction of sp³-hybridized carbons (Fsp3) is 0.917. The minimum Gasteiger partial charge on any atom is -0.338 e. The van der Waals surface area contributed by atoms with E-state index in [-0.39, 0.29) is 6.03 Å². The first kappa shape index (κ1) is 13.3. The summed E-state index contributed by atoms with van der Waals surface area (Å²) < 4.78 is 0. The second-order valence-corrected chi connectivity index (χ2v) is 4.61. The molecule has 0 aliphatic carbocycles. The molecule has 0 spiro atoms. The topological polar surface area (TPSA) is 58.4 Å². The Hall–Kier alpha value is -0.770. The number of nitrogens with two attached hydrogens (primary N) is 1. The molecule has 16 heavy (non-hydrogen) atoms. The minimum atomic E-state index is 0.107. The van der Waals surface area contributed by atoms with Crippen molar-refractivity contribution in [1.29, 1.82) is 0 Å². The Balaban J connectivity index is 2.21. The van der Waals surface area contributed by atoms with E-state index in [1.165, 1.54) is 0 Å². The van der Waals surface area contributed by atoms with Gasteiger partial charge in [-0.25, -0.2) is 4.79 Å². The molecule has 4 heteroatoms. The normalized spacial score (nSPS) is 17.5. The number of carbonyl (C=O) groups excluding carboxylic acids is 1. The van der Waals surface area contributed by atoms with Crippen molar-refractivity contribution in [2.45, 2.75) is 39.0 Å². The van der Waals surface area contributed by atoms with Crippen molar-refractivity contribution >= 4 is 6.03 Å². The van der Waals surface area contributed by atoms with Gasteiger partial charge in [-0.2, -0.15) is 0 Å². The highest BCUT2D eigenvalue weighted by atomic mass is 16.2. The van der Waals surface area contributed by atoms with Crippen LogP contribution >= 0.6 is 0 Å². The fourth-order valence-electron chi connectivity index (χ4n) is 2.26. The Labute approximate surface area is 98.6 Å². The standard InChI is InChI=1S/C12H25N3O/c1-2-5-11(6-7-13)10-14-12(16)15-8-3-4-9-15/h11H,2-10,13H2,1H3,(H,14,16). The molecular formula is C12H25N3O. The Morgan fingerprint density at radius 2 is 2.06 bits per heavy atom. The lowest BCUT2D eigenvalue weighted by Gasteiger charge is -2.20. The van der Waals surface area contributed by atoms with E-state index in [1.807, 2.05) is 4.90 Å². The SMILES string of the molecule is CCCC(CCN)CNC(=O)N1CCCC1. The first-order chi connectivity index (χ1) is 7.77. The Bertz CT molecular complexity index is 196. The van der Waals surface area contributed by atoms with E-state index in [2.05, 4.69) is 12.2 Å². The highest BCUT2D eigenvalue weighted by molar-refractivity contribution is 5.74. The predicted octanol–water partition coefficient (Wildman–Crippen LogP) is 1.56. The zero-order chi connectivity index (χ0) is 11.8. The Kier molecular flexibility index (Phi) is 6.23. The van der Waals surface area contributed by atoms with Gasteiger partial charge in [0.05, 0.1) is 0 Å². The molecule has 1 rings (SSSR count). The van der Waals surface area contributed by atoms with Gasteiger partial charge in [0, 0.05) is 19.6 Å². The first-order valence-electron chi connectivity index (χ1n) is 6.50. The molecule has 1 heterocycles. The van der Waals surface area contributed by atoms with Crippen LogP contribution in [0.1, 0.15) is 39.0 Å². The number of rotatable bonds is 6. The van der Waals surface area contributed by atoms with E-state index in [0.29, 0.717) is 12.5 Å². The van der Waals surface area contributed by atoms with Crippen LogP contribution in [0.3, 0.4) is 0 Å². The largest absolute Gasteiger partial charge is 0.338 e. The molecule has 0 aromatic heterocycles. The van der Waals surface area contributed by atoms with Gasteiger partial charge in [0.1, 0.15) is 0 Å². The summed E-state index contributed by atoms with van der Waals surface area (Å²) in [5.41, 5.74) is 5.57. The molecule has 1 atom stereocenters. The molecule has 3 N–H and O–H groups in total. The molecule has 2 amide bonds. The molecular weight excluding hydrogens is 202 g/mol. The first-order valence-corrected chi connectivity index (χ1v) is 6.50. The zero-order valence-electron chi connectivity index (χ0n) is 10.4. The van der Waals surface area contributed by atoms with E-state index in [4.69, 9.17) is 5.73 Å². The number of likely N-dealkylation sites (tertiary alicyclic amines) is 1. The minimum absolute atomic E-state index is 0.107. The summed E-state index contributed by atoms with van der Waals surface area (Å²) in [6.45, 7) is 5.50. The molecule has 1 saturated heterocycles. The maximum atomic E-state index is 11.7. The second kappa shape index (κ2) is 7.49. The zero-order valence-corrected chi connectivity index (χ0v) is 10.4. The Morgan fingerprint density at radius 1 is 1.38 bits per heavy atom. The highest BCUT2D eigenvalue weighted by Gasteiger charge is 2.18. The van der Waals surface area contributed by atoms with Crippen LogP contribution in [0.2, 0.25) is 0 Å². The number of amides is 2. The van der Waals surface area contributed by atoms with Crippen LogP contribution in [0.5, 0.6) is 0 Å². The van der Waals surface area contributed by atoms with E-state index in [1.54, 1.807) is 0 Å². The van der Waals surface area contributed by atoms with Crippen LogP contribution in [0.4, 0.5) is 4.79 Å². The van der Waals surface area contributed by atoms with Gasteiger partial charge in [-0.3, -0.25) is 0 Å². The molecule has 1 aliphatic rings. The summed E-state index contributed by atoms with van der Waals surface area (Å²) in [5.74, 6) is 0.543. The van der Waals surface area contributed by atoms with Crippen molar-refractivity contribution in [1.82, 2.24) is 10.2 Å². The molecule has 0 aromatic rings. The maximum absolute atomic E-state index is 11.7. The van der Waals surface area contributed by atoms with E-state index in [0.717, 1.165) is 51.7 Å². The smallest absolute Gasteiger partial charge is 0.317 e. The van der Waals surface area contributed by atoms with E-state index >= 15 is 0 Å². The van der Waals surface area contributed by atoms with Crippen LogP contribution in [-0.2, 0) is 0 Å². The molecule has 1 fully saturated rings. The summed E-state index contributed by atoms with van der Waals surface area (Å²) in [5, 5.41) is 3.03. The molecule has 1 unspecified atom stereocenters. The number of nitrogens with one attached hydrogen (secondary N) is 1. The maximum Gasteiger partial charge on any atom is 0.317 e. The van der Waals surface area contributed by atoms with Gasteiger partial charge in [-0.05, 0) is 38.1 Å². The molecule has 0 radical (unpaired) electrons. The Morgan fingerprint density at radius 3 is 2.62 bits per heavy atom. The van der Waals surface area contributed by atoms with Gasteiger partial charge < -0.3 is 16.0 Å². The molecule has 0 bridgehead atoms. The van der Waals surface area contributed by atoms with Crippen molar-refractivity contribution in [3.63, 3.8) is 0 Å². The van der Waals surface area contributed by atoms with Crippen LogP contribution in [0.15, 0.2) is 0 Å². The van der Waals surface area contributed by atoms with Crippen LogP contribution in [0.25, 0.3) is 0 Å². The van der Waals surface area contributed by atoms with Crippen molar-refractivity contribution < 1.29 is 4.79 Å². The average Bonchev–Trinajstić information content (AvgIpc) is 2.79. The lowest BCUT2D eigenvalue weighted by molar-refractivity contribution is 0.206. The van der Waals surface area contributed by atoms with Crippen molar-refractivity contribution in [2.75, 3.05) is 26.2 Å². The lowest BCUT2D eigenvalue weighted by Crippen LogP contribution is -2.40. The number of hydrogen-bond acceptors (Lipinski definition) is 2. The van der Waals surface area contributed by atoms with Gasteiger partial charge in [-0.15, -0.1) is 0 Å². The molecule has 0 saturated carbocycles. The summed E-state index contributed by atoms with van der Waals surface area (Å²) in [7, 11) is 0. The lowest BCUT2D eigenvalue weighted by atomic mass is 10.00. The predicted molar refractivity (Wildman–Crippen MR) is 66.3 cm³/mol. The highest BCUT2D eigenvalue weighted by Crippen LogP contribution is 2.10. The fourth-order valence-corrected chi connectivity index (χ4v) is 2.26. The summed E-state index contributed by atoms with van der Waals surface area (Å²) in [6, 6.07) is 0.107. The van der Waals surface area contributed by atoms with Crippen LogP contribution in [0, 0.1) is 5.92 Å². The summed E-state index contributed by atoms with van der Waals surface area (Å²) >= 11 is 0. The molecule has 94 valence electrons. The van der Waals surface area contributed by atoms with E-state index < -0.39 is 0 Å². The number of hydrogen-bond donors (Lipinski definition) is 2. The number of nitrogens with zero attached hydrogens (tertiary/aromatic N) is 1. The van der Waals surface area contributed by atoms with Gasteiger partial charge >= 0.3 is 6.03 Å². The molecule has 1 aliphatic heterocycles. The number of carbonyl (C=O) groups is 1. The summed E-state index contributed by atoms with van der Waals surface area (Å²) in [6.07, 6.45) is 5.61. The monoisotopic (exact) mass is 227 g/mol. The average molecular weight is 227 g/mol. The van der Waals surface area contributed by atoms with E-state index in [9.17, 15) is 4.79 Å². The van der Waals surface area contributed by atoms with Crippen molar-refractivity contribution in [2.24, 2.45) is 11.7 Å². The third-order valence-corrected chi connectivity index (χ3v) is 3.21. The molecule has 0 aromatic carbocycles. The quantitative estimate of drug-likeness (QED) is 0.723. The third kappa shape index (κ3) is 4.39. The van der Waals surface area contributed by atoms with Crippen molar-refractivity contribution in [3.05, 3.63) is 0 Å². The second-order valence-electron chi connectivity index (χ2n) is 4.61. The summed E-state index contributed by atoms with van der Waals surface area (Å²) in [4.78, 5) is 13.7. The van der Waals surface area contributed by atoms with Gasteiger partial charge in [0.25, 0.3) is 0 Å². The third-order valence-electron chi connectivity index (χ3n) is 3.21. The van der Waals surface area contributed by atoms with Gasteiger partial charge in [0.15, 0.2) is 0 Å². The van der Waals surface area contributed by atoms with Gasteiger partial charge in [0.2, 0.25) is 0 Å². The van der Waals surface area contributed by atoms with Gasteiger partial charge in [-0.1, -0.05) is 13.3 Å². The van der Waals surface area contributed by atoms with Crippen LogP contribution in [-0.4, -0.2) is 37.1 Å². The van der Waals surface area contributed by atoms with Crippen LogP contribution < -0.4 is 11.1 Å². The number of urea groups is 1.